The normalized spacial score (nSPS) is 94.0. The second-order valence-electron chi connectivity index (χ2n) is 11.9. The van der Waals surface area contributed by atoms with Crippen LogP contribution in [0.5, 0.6) is 0 Å². The summed E-state index contributed by atoms with van der Waals surface area (Å²) in [6, 6.07) is 5.94. The minimum absolute atomic E-state index is 0.385. The third-order valence-electron chi connectivity index (χ3n) is 16.5. The molecule has 2 nitrogen and oxygen atoms in total. The van der Waals surface area contributed by atoms with Crippen LogP contribution in [-0.2, 0) is 10.8 Å². The van der Waals surface area contributed by atoms with Gasteiger partial charge in [0.25, 0.3) is 0 Å². The van der Waals surface area contributed by atoms with Gasteiger partial charge in [0, 0.05) is 0 Å². The van der Waals surface area contributed by atoms with Crippen LogP contribution in [0, 0.1) is 12.3 Å². The van der Waals surface area contributed by atoms with Crippen LogP contribution in [0.2, 0.25) is 43.3 Å². The van der Waals surface area contributed by atoms with Gasteiger partial charge in [-0.25, -0.2) is 0 Å². The number of aromatic carboxylic acids is 1. The fraction of sp³-hybridized carbons (Fsp3) is 0.526. The van der Waals surface area contributed by atoms with Crippen LogP contribution in [0.1, 0.15) is 21.5 Å². The van der Waals surface area contributed by atoms with Crippen molar-refractivity contribution in [2.45, 2.75) is 47.7 Å². The first-order valence-electron chi connectivity index (χ1n) is 8.47. The Morgan fingerprint density at radius 1 is 1.09 bits per heavy atom. The fourth-order valence-corrected chi connectivity index (χ4v) is 92.3. The number of benzene rings is 1. The quantitative estimate of drug-likeness (QED) is 0.653. The molecule has 10 fully saturated rings. The molecule has 0 saturated carbocycles. The van der Waals surface area contributed by atoms with E-state index in [1.54, 1.807) is 6.07 Å². The van der Waals surface area contributed by atoms with Crippen LogP contribution in [0.3, 0.4) is 0 Å². The molecule has 0 amide bonds. The van der Waals surface area contributed by atoms with Crippen molar-refractivity contribution >= 4 is 5.97 Å². The van der Waals surface area contributed by atoms with E-state index in [-0.39, 0.29) is 0 Å². The standard InChI is InChI=1S/C14H9O2.C5H5.Fe/c1-2-11-12(10-6-3-4-7-10)8-5-9-13(11)14(15)16;1-2-4-5-3-1;/h1,3-9H,(H,15,16);1-5H;. The number of fused-ring (bicyclic) bond motifs is 10. The van der Waals surface area contributed by atoms with Crippen molar-refractivity contribution < 1.29 is 16.4 Å². The molecule has 1 aromatic rings. The van der Waals surface area contributed by atoms with E-state index in [0.717, 1.165) is 15.2 Å². The zero-order chi connectivity index (χ0) is 14.2. The van der Waals surface area contributed by atoms with E-state index in [1.807, 2.05) is 6.07 Å². The van der Waals surface area contributed by atoms with Crippen molar-refractivity contribution in [1.29, 1.82) is 0 Å². The molecule has 0 radical (unpaired) electrons. The van der Waals surface area contributed by atoms with E-state index >= 15 is 0 Å². The summed E-state index contributed by atoms with van der Waals surface area (Å²) in [5.74, 6) is 1.97. The molecule has 10 saturated heterocycles. The number of carbonyl (C=O) groups is 1. The van der Waals surface area contributed by atoms with Gasteiger partial charge in [0.05, 0.1) is 0 Å². The van der Waals surface area contributed by atoms with Gasteiger partial charge in [0.15, 0.2) is 0 Å². The van der Waals surface area contributed by atoms with Gasteiger partial charge in [0.1, 0.15) is 0 Å². The maximum absolute atomic E-state index is 11.6. The molecule has 10 heterocycles. The van der Waals surface area contributed by atoms with Gasteiger partial charge in [-0.05, 0) is 0 Å². The minimum atomic E-state index is -3.26. The summed E-state index contributed by atoms with van der Waals surface area (Å²) < 4.78 is 0.548. The zero-order valence-corrected chi connectivity index (χ0v) is 12.8. The molecule has 1 aromatic carbocycles. The Labute approximate surface area is 117 Å². The zero-order valence-electron chi connectivity index (χ0n) is 11.7. The van der Waals surface area contributed by atoms with E-state index < -0.39 is 12.5 Å². The number of hydrogen-bond donors (Lipinski definition) is 1. The number of hydrogen-bond acceptors (Lipinski definition) is 1. The first-order valence-corrected chi connectivity index (χ1v) is 14.8. The predicted molar refractivity (Wildman–Crippen MR) is 76.8 cm³/mol. The average Bonchev–Trinajstić information content (AvgIpc) is 3.46. The SMILES string of the molecule is C#Cc1c(C(=O)O)cccc1[C]12[CH]3[CH]4[CH]5[CH]1[Fe]45321678[CH]2[CH]1[CH]6[CH]7[CH]28. The Morgan fingerprint density at radius 3 is 2.05 bits per heavy atom. The summed E-state index contributed by atoms with van der Waals surface area (Å²) in [4.78, 5) is 22.6. The Bertz CT molecular complexity index is 1320. The summed E-state index contributed by atoms with van der Waals surface area (Å²) in [7, 11) is 0. The average molecular weight is 330 g/mol. The number of carboxylic acid groups (broad SMARTS) is 1. The molecule has 4 atom stereocenters. The Morgan fingerprint density at radius 2 is 1.68 bits per heavy atom. The summed E-state index contributed by atoms with van der Waals surface area (Å²) in [6.07, 6.45) is 5.84. The molecule has 11 rings (SSSR count). The van der Waals surface area contributed by atoms with Gasteiger partial charge in [-0.2, -0.15) is 0 Å². The summed E-state index contributed by atoms with van der Waals surface area (Å²) in [6.45, 7) is -3.26. The number of rotatable bonds is 2. The topological polar surface area (TPSA) is 37.3 Å². The molecule has 4 unspecified atom stereocenters. The van der Waals surface area contributed by atoms with Crippen LogP contribution < -0.4 is 0 Å². The number of carboxylic acids is 1. The van der Waals surface area contributed by atoms with E-state index in [0.29, 0.717) is 9.88 Å². The molecule has 10 aliphatic rings. The predicted octanol–water partition coefficient (Wildman–Crippen LogP) is 4.16. The van der Waals surface area contributed by atoms with Crippen molar-refractivity contribution in [2.75, 3.05) is 0 Å². The Kier molecular flexibility index (Phi) is 0.315. The van der Waals surface area contributed by atoms with Crippen LogP contribution >= 0.6 is 0 Å². The molecule has 0 aromatic heterocycles. The third-order valence-corrected chi connectivity index (χ3v) is 58.9. The number of terminal acetylenes is 1. The van der Waals surface area contributed by atoms with Gasteiger partial charge < -0.3 is 0 Å². The summed E-state index contributed by atoms with van der Waals surface area (Å²) in [5, 5.41) is 9.56. The molecule has 0 aliphatic carbocycles. The summed E-state index contributed by atoms with van der Waals surface area (Å²) >= 11 is 0. The third kappa shape index (κ3) is 0.105. The first-order chi connectivity index (χ1) is 10.4. The molecular weight excluding hydrogens is 316 g/mol. The van der Waals surface area contributed by atoms with Gasteiger partial charge in [-0.1, -0.05) is 0 Å². The fourth-order valence-electron chi connectivity index (χ4n) is 18.1. The second kappa shape index (κ2) is 0.809. The van der Waals surface area contributed by atoms with E-state index in [9.17, 15) is 9.90 Å². The van der Waals surface area contributed by atoms with E-state index in [4.69, 9.17) is 6.42 Å². The van der Waals surface area contributed by atoms with E-state index in [2.05, 4.69) is 12.0 Å². The van der Waals surface area contributed by atoms with Crippen molar-refractivity contribution in [3.63, 3.8) is 0 Å². The molecule has 3 heteroatoms. The molecule has 110 valence electrons. The van der Waals surface area contributed by atoms with Crippen LogP contribution in [-0.4, -0.2) is 11.1 Å². The van der Waals surface area contributed by atoms with Crippen LogP contribution in [0.4, 0.5) is 0 Å². The monoisotopic (exact) mass is 330 g/mol. The molecule has 0 bridgehead atoms. The molecular formula is C19H14FeO2. The van der Waals surface area contributed by atoms with Gasteiger partial charge in [-0.15, -0.1) is 0 Å². The van der Waals surface area contributed by atoms with Gasteiger partial charge in [-0.3, -0.25) is 0 Å². The van der Waals surface area contributed by atoms with Crippen molar-refractivity contribution in [1.82, 2.24) is 0 Å². The van der Waals surface area contributed by atoms with Crippen molar-refractivity contribution in [2.24, 2.45) is 0 Å². The Hall–Kier alpha value is -1.23. The first kappa shape index (κ1) is 8.57. The summed E-state index contributed by atoms with van der Waals surface area (Å²) in [5.41, 5.74) is 2.53. The molecule has 1 N–H and O–H groups in total. The Balaban J connectivity index is 1.43. The van der Waals surface area contributed by atoms with Gasteiger partial charge >= 0.3 is 117 Å². The van der Waals surface area contributed by atoms with Crippen LogP contribution in [0.15, 0.2) is 18.2 Å². The second-order valence-corrected chi connectivity index (χ2v) is 35.4. The van der Waals surface area contributed by atoms with E-state index in [1.165, 1.54) is 39.3 Å². The maximum atomic E-state index is 11.6. The molecule has 10 aliphatic heterocycles. The van der Waals surface area contributed by atoms with Gasteiger partial charge in [0.2, 0.25) is 0 Å². The van der Waals surface area contributed by atoms with Crippen LogP contribution in [0.25, 0.3) is 0 Å². The molecule has 1 spiro atoms. The molecule has 22 heavy (non-hydrogen) atoms. The van der Waals surface area contributed by atoms with Crippen molar-refractivity contribution in [3.05, 3.63) is 34.9 Å². The van der Waals surface area contributed by atoms with Crippen molar-refractivity contribution in [3.8, 4) is 12.3 Å².